The fraction of sp³-hybridized carbons (Fsp3) is 0.900. The lowest BCUT2D eigenvalue weighted by atomic mass is 9.97. The molecular weight excluding hydrogens is 150 g/mol. The van der Waals surface area contributed by atoms with Crippen LogP contribution in [0.15, 0.2) is 0 Å². The average Bonchev–Trinajstić information content (AvgIpc) is 2.72. The summed E-state index contributed by atoms with van der Waals surface area (Å²) in [5, 5.41) is 3.09. The SMILES string of the molecule is CC1CCCC1C(=O)NC1CC1. The molecule has 2 saturated carbocycles. The van der Waals surface area contributed by atoms with E-state index in [0.29, 0.717) is 23.8 Å². The molecule has 0 saturated heterocycles. The van der Waals surface area contributed by atoms with E-state index in [1.165, 1.54) is 25.7 Å². The highest BCUT2D eigenvalue weighted by molar-refractivity contribution is 5.79. The minimum Gasteiger partial charge on any atom is -0.353 e. The lowest BCUT2D eigenvalue weighted by Gasteiger charge is -2.14. The zero-order chi connectivity index (χ0) is 8.55. The van der Waals surface area contributed by atoms with Crippen molar-refractivity contribution in [3.05, 3.63) is 0 Å². The second kappa shape index (κ2) is 3.08. The van der Waals surface area contributed by atoms with Crippen molar-refractivity contribution in [1.82, 2.24) is 5.32 Å². The third-order valence-corrected chi connectivity index (χ3v) is 3.12. The van der Waals surface area contributed by atoms with E-state index in [1.54, 1.807) is 0 Å². The van der Waals surface area contributed by atoms with E-state index in [9.17, 15) is 4.79 Å². The molecule has 0 aromatic rings. The maximum absolute atomic E-state index is 11.6. The molecule has 2 aliphatic rings. The van der Waals surface area contributed by atoms with Crippen molar-refractivity contribution in [2.75, 3.05) is 0 Å². The van der Waals surface area contributed by atoms with Crippen LogP contribution in [-0.4, -0.2) is 11.9 Å². The van der Waals surface area contributed by atoms with E-state index in [0.717, 1.165) is 6.42 Å². The maximum atomic E-state index is 11.6. The first-order chi connectivity index (χ1) is 5.77. The maximum Gasteiger partial charge on any atom is 0.223 e. The van der Waals surface area contributed by atoms with Crippen LogP contribution in [0.3, 0.4) is 0 Å². The molecule has 0 aromatic carbocycles. The van der Waals surface area contributed by atoms with Crippen LogP contribution in [0.25, 0.3) is 0 Å². The Bertz CT molecular complexity index is 186. The molecule has 2 nitrogen and oxygen atoms in total. The van der Waals surface area contributed by atoms with Gasteiger partial charge in [-0.05, 0) is 31.6 Å². The van der Waals surface area contributed by atoms with Gasteiger partial charge in [0.1, 0.15) is 0 Å². The van der Waals surface area contributed by atoms with Crippen LogP contribution >= 0.6 is 0 Å². The molecule has 68 valence electrons. The number of hydrogen-bond acceptors (Lipinski definition) is 1. The third kappa shape index (κ3) is 1.62. The molecule has 1 N–H and O–H groups in total. The van der Waals surface area contributed by atoms with E-state index < -0.39 is 0 Å². The minimum absolute atomic E-state index is 0.322. The van der Waals surface area contributed by atoms with Gasteiger partial charge in [0.15, 0.2) is 0 Å². The molecule has 2 unspecified atom stereocenters. The van der Waals surface area contributed by atoms with Crippen molar-refractivity contribution in [3.63, 3.8) is 0 Å². The molecule has 2 heteroatoms. The number of hydrogen-bond donors (Lipinski definition) is 1. The van der Waals surface area contributed by atoms with E-state index in [1.807, 2.05) is 0 Å². The van der Waals surface area contributed by atoms with Crippen LogP contribution in [0.2, 0.25) is 0 Å². The summed E-state index contributed by atoms with van der Waals surface area (Å²) in [7, 11) is 0. The summed E-state index contributed by atoms with van der Waals surface area (Å²) in [5.41, 5.74) is 0. The fourth-order valence-electron chi connectivity index (χ4n) is 2.07. The normalized spacial score (nSPS) is 35.1. The zero-order valence-electron chi connectivity index (χ0n) is 7.68. The van der Waals surface area contributed by atoms with E-state index in [2.05, 4.69) is 12.2 Å². The molecule has 0 bridgehead atoms. The van der Waals surface area contributed by atoms with Crippen molar-refractivity contribution in [3.8, 4) is 0 Å². The van der Waals surface area contributed by atoms with Crippen molar-refractivity contribution in [2.24, 2.45) is 11.8 Å². The topological polar surface area (TPSA) is 29.1 Å². The standard InChI is InChI=1S/C10H17NO/c1-7-3-2-4-9(7)10(12)11-8-5-6-8/h7-9H,2-6H2,1H3,(H,11,12). The van der Waals surface area contributed by atoms with Crippen molar-refractivity contribution in [1.29, 1.82) is 0 Å². The van der Waals surface area contributed by atoms with Gasteiger partial charge in [-0.25, -0.2) is 0 Å². The summed E-state index contributed by atoms with van der Waals surface area (Å²) in [4.78, 5) is 11.6. The van der Waals surface area contributed by atoms with Crippen molar-refractivity contribution < 1.29 is 4.79 Å². The monoisotopic (exact) mass is 167 g/mol. The van der Waals surface area contributed by atoms with Crippen LogP contribution in [0.4, 0.5) is 0 Å². The van der Waals surface area contributed by atoms with Gasteiger partial charge in [-0.1, -0.05) is 13.3 Å². The summed E-state index contributed by atoms with van der Waals surface area (Å²) in [6, 6.07) is 0.533. The van der Waals surface area contributed by atoms with Gasteiger partial charge in [0.05, 0.1) is 0 Å². The Morgan fingerprint density at radius 2 is 2.00 bits per heavy atom. The van der Waals surface area contributed by atoms with Gasteiger partial charge in [0, 0.05) is 12.0 Å². The molecule has 0 spiro atoms. The van der Waals surface area contributed by atoms with Crippen LogP contribution < -0.4 is 5.32 Å². The van der Waals surface area contributed by atoms with Crippen LogP contribution in [0.5, 0.6) is 0 Å². The highest BCUT2D eigenvalue weighted by Gasteiger charge is 2.32. The van der Waals surface area contributed by atoms with Gasteiger partial charge in [-0.3, -0.25) is 4.79 Å². The molecule has 0 radical (unpaired) electrons. The molecule has 0 heterocycles. The second-order valence-electron chi connectivity index (χ2n) is 4.30. The van der Waals surface area contributed by atoms with Crippen LogP contribution in [0.1, 0.15) is 39.0 Å². The zero-order valence-corrected chi connectivity index (χ0v) is 7.68. The molecule has 2 aliphatic carbocycles. The number of carbonyl (C=O) groups is 1. The molecule has 12 heavy (non-hydrogen) atoms. The van der Waals surface area contributed by atoms with Crippen molar-refractivity contribution in [2.45, 2.75) is 45.1 Å². The first kappa shape index (κ1) is 8.09. The first-order valence-corrected chi connectivity index (χ1v) is 5.08. The highest BCUT2D eigenvalue weighted by Crippen LogP contribution is 2.32. The molecule has 0 aromatic heterocycles. The molecule has 2 fully saturated rings. The smallest absolute Gasteiger partial charge is 0.223 e. The van der Waals surface area contributed by atoms with E-state index >= 15 is 0 Å². The number of carbonyl (C=O) groups excluding carboxylic acids is 1. The highest BCUT2D eigenvalue weighted by atomic mass is 16.2. The van der Waals surface area contributed by atoms with Gasteiger partial charge < -0.3 is 5.32 Å². The van der Waals surface area contributed by atoms with Gasteiger partial charge in [-0.15, -0.1) is 0 Å². The van der Waals surface area contributed by atoms with E-state index in [-0.39, 0.29) is 0 Å². The Labute approximate surface area is 73.7 Å². The van der Waals surface area contributed by atoms with Gasteiger partial charge in [-0.2, -0.15) is 0 Å². The summed E-state index contributed by atoms with van der Waals surface area (Å²) in [6.45, 7) is 2.20. The Hall–Kier alpha value is -0.530. The lowest BCUT2D eigenvalue weighted by molar-refractivity contribution is -0.126. The Morgan fingerprint density at radius 1 is 1.25 bits per heavy atom. The molecule has 1 amide bonds. The predicted molar refractivity (Wildman–Crippen MR) is 47.7 cm³/mol. The quantitative estimate of drug-likeness (QED) is 0.666. The summed E-state index contributed by atoms with van der Waals surface area (Å²) < 4.78 is 0. The predicted octanol–water partition coefficient (Wildman–Crippen LogP) is 1.70. The van der Waals surface area contributed by atoms with Crippen molar-refractivity contribution >= 4 is 5.91 Å². The largest absolute Gasteiger partial charge is 0.353 e. The average molecular weight is 167 g/mol. The molecular formula is C10H17NO. The van der Waals surface area contributed by atoms with Crippen LogP contribution in [0, 0.1) is 11.8 Å². The second-order valence-corrected chi connectivity index (χ2v) is 4.30. The van der Waals surface area contributed by atoms with E-state index in [4.69, 9.17) is 0 Å². The van der Waals surface area contributed by atoms with Gasteiger partial charge >= 0.3 is 0 Å². The summed E-state index contributed by atoms with van der Waals surface area (Å²) in [5.74, 6) is 1.26. The molecule has 2 atom stereocenters. The Kier molecular flexibility index (Phi) is 2.07. The first-order valence-electron chi connectivity index (χ1n) is 5.08. The van der Waals surface area contributed by atoms with Gasteiger partial charge in [0.2, 0.25) is 5.91 Å². The van der Waals surface area contributed by atoms with Crippen LogP contribution in [-0.2, 0) is 4.79 Å². The third-order valence-electron chi connectivity index (χ3n) is 3.12. The number of amides is 1. The minimum atomic E-state index is 0.322. The van der Waals surface area contributed by atoms with Gasteiger partial charge in [0.25, 0.3) is 0 Å². The fourth-order valence-corrected chi connectivity index (χ4v) is 2.07. The lowest BCUT2D eigenvalue weighted by Crippen LogP contribution is -2.33. The summed E-state index contributed by atoms with van der Waals surface area (Å²) in [6.07, 6.45) is 5.99. The number of rotatable bonds is 2. The number of nitrogens with one attached hydrogen (secondary N) is 1. The molecule has 0 aliphatic heterocycles. The molecule has 2 rings (SSSR count). The Balaban J connectivity index is 1.84. The Morgan fingerprint density at radius 3 is 2.50 bits per heavy atom. The summed E-state index contributed by atoms with van der Waals surface area (Å²) >= 11 is 0.